The molecule has 2 heteroatoms. The maximum Gasteiger partial charge on any atom is 0.273 e. The van der Waals surface area contributed by atoms with Crippen LogP contribution < -0.4 is 0 Å². The Labute approximate surface area is 107 Å². The molecule has 2 aromatic carbocycles. The van der Waals surface area contributed by atoms with E-state index in [0.29, 0.717) is 6.42 Å². The smallest absolute Gasteiger partial charge is 0.201 e. The summed E-state index contributed by atoms with van der Waals surface area (Å²) >= 11 is 0. The summed E-state index contributed by atoms with van der Waals surface area (Å²) in [6.07, 6.45) is 2.35. The van der Waals surface area contributed by atoms with E-state index in [2.05, 4.69) is 0 Å². The molecule has 18 heavy (non-hydrogen) atoms. The predicted molar refractivity (Wildman–Crippen MR) is 72.0 cm³/mol. The Morgan fingerprint density at radius 3 is 2.39 bits per heavy atom. The molecule has 0 nitrogen and oxygen atoms in total. The van der Waals surface area contributed by atoms with Crippen LogP contribution in [0.5, 0.6) is 0 Å². The van der Waals surface area contributed by atoms with Crippen LogP contribution in [0, 0.1) is 0 Å². The van der Waals surface area contributed by atoms with Crippen molar-refractivity contribution >= 4 is 10.8 Å². The van der Waals surface area contributed by atoms with Crippen LogP contribution in [0.3, 0.4) is 0 Å². The van der Waals surface area contributed by atoms with Gasteiger partial charge in [-0.2, -0.15) is 0 Å². The van der Waals surface area contributed by atoms with Crippen LogP contribution in [0.1, 0.15) is 38.2 Å². The molecule has 0 amide bonds. The SMILES string of the molecule is CCCCCC(F)(F)c1ccc2ccccc2c1. The second-order valence-corrected chi connectivity index (χ2v) is 4.72. The minimum atomic E-state index is -2.71. The standard InChI is InChI=1S/C16H18F2/c1-2-3-6-11-16(17,18)15-10-9-13-7-4-5-8-14(13)12-15/h4-5,7-10,12H,2-3,6,11H2,1H3. The zero-order valence-electron chi connectivity index (χ0n) is 10.6. The average Bonchev–Trinajstić information content (AvgIpc) is 2.38. The molecular weight excluding hydrogens is 230 g/mol. The van der Waals surface area contributed by atoms with Gasteiger partial charge in [-0.3, -0.25) is 0 Å². The Bertz CT molecular complexity index is 517. The maximum atomic E-state index is 14.0. The van der Waals surface area contributed by atoms with E-state index in [1.54, 1.807) is 18.2 Å². The Hall–Kier alpha value is -1.44. The van der Waals surface area contributed by atoms with Gasteiger partial charge in [0.25, 0.3) is 5.92 Å². The number of hydrogen-bond donors (Lipinski definition) is 0. The fourth-order valence-electron chi connectivity index (χ4n) is 2.16. The highest BCUT2D eigenvalue weighted by Gasteiger charge is 2.30. The number of benzene rings is 2. The fourth-order valence-corrected chi connectivity index (χ4v) is 2.16. The van der Waals surface area contributed by atoms with Crippen LogP contribution in [0.25, 0.3) is 10.8 Å². The van der Waals surface area contributed by atoms with E-state index in [0.717, 1.165) is 23.6 Å². The number of halogens is 2. The minimum Gasteiger partial charge on any atom is -0.201 e. The molecule has 0 radical (unpaired) electrons. The van der Waals surface area contributed by atoms with Crippen molar-refractivity contribution in [2.75, 3.05) is 0 Å². The third-order valence-electron chi connectivity index (χ3n) is 3.27. The molecule has 2 rings (SSSR count). The van der Waals surface area contributed by atoms with Gasteiger partial charge in [-0.25, -0.2) is 8.78 Å². The van der Waals surface area contributed by atoms with Crippen molar-refractivity contribution in [3.63, 3.8) is 0 Å². The van der Waals surface area contributed by atoms with Gasteiger partial charge in [0.15, 0.2) is 0 Å². The lowest BCUT2D eigenvalue weighted by atomic mass is 9.99. The first-order chi connectivity index (χ1) is 8.63. The summed E-state index contributed by atoms with van der Waals surface area (Å²) in [7, 11) is 0. The molecule has 0 unspecified atom stereocenters. The number of alkyl halides is 2. The van der Waals surface area contributed by atoms with Gasteiger partial charge in [0.05, 0.1) is 0 Å². The average molecular weight is 248 g/mol. The summed E-state index contributed by atoms with van der Waals surface area (Å²) in [5.41, 5.74) is 0.136. The van der Waals surface area contributed by atoms with Crippen molar-refractivity contribution in [3.05, 3.63) is 48.0 Å². The molecule has 0 spiro atoms. The van der Waals surface area contributed by atoms with Gasteiger partial charge in [0, 0.05) is 12.0 Å². The van der Waals surface area contributed by atoms with Crippen molar-refractivity contribution < 1.29 is 8.78 Å². The molecule has 0 saturated heterocycles. The van der Waals surface area contributed by atoms with Crippen LogP contribution >= 0.6 is 0 Å². The molecule has 0 aliphatic rings. The number of unbranched alkanes of at least 4 members (excludes halogenated alkanes) is 2. The lowest BCUT2D eigenvalue weighted by Gasteiger charge is -2.17. The summed E-state index contributed by atoms with van der Waals surface area (Å²) in [5, 5.41) is 1.88. The van der Waals surface area contributed by atoms with Crippen LogP contribution in [-0.2, 0) is 5.92 Å². The quantitative estimate of drug-likeness (QED) is 0.612. The van der Waals surface area contributed by atoms with Gasteiger partial charge in [0.1, 0.15) is 0 Å². The molecular formula is C16H18F2. The fraction of sp³-hybridized carbons (Fsp3) is 0.375. The molecule has 0 aromatic heterocycles. The highest BCUT2D eigenvalue weighted by molar-refractivity contribution is 5.83. The predicted octanol–water partition coefficient (Wildman–Crippen LogP) is 5.51. The van der Waals surface area contributed by atoms with Crippen molar-refractivity contribution in [3.8, 4) is 0 Å². The van der Waals surface area contributed by atoms with Crippen LogP contribution in [0.2, 0.25) is 0 Å². The molecule has 0 fully saturated rings. The third-order valence-corrected chi connectivity index (χ3v) is 3.27. The van der Waals surface area contributed by atoms with Crippen LogP contribution in [0.4, 0.5) is 8.78 Å². The lowest BCUT2D eigenvalue weighted by molar-refractivity contribution is -0.0156. The number of rotatable bonds is 5. The third kappa shape index (κ3) is 2.87. The monoisotopic (exact) mass is 248 g/mol. The molecule has 96 valence electrons. The van der Waals surface area contributed by atoms with Crippen LogP contribution in [0.15, 0.2) is 42.5 Å². The number of fused-ring (bicyclic) bond motifs is 1. The van der Waals surface area contributed by atoms with Crippen molar-refractivity contribution in [1.29, 1.82) is 0 Å². The van der Waals surface area contributed by atoms with Crippen LogP contribution in [-0.4, -0.2) is 0 Å². The summed E-state index contributed by atoms with van der Waals surface area (Å²) in [4.78, 5) is 0. The molecule has 0 saturated carbocycles. The van der Waals surface area contributed by atoms with Gasteiger partial charge in [-0.15, -0.1) is 0 Å². The summed E-state index contributed by atoms with van der Waals surface area (Å²) in [6.45, 7) is 2.02. The molecule has 0 aliphatic carbocycles. The van der Waals surface area contributed by atoms with Gasteiger partial charge >= 0.3 is 0 Å². The van der Waals surface area contributed by atoms with Crippen molar-refractivity contribution in [2.24, 2.45) is 0 Å². The highest BCUT2D eigenvalue weighted by Crippen LogP contribution is 2.35. The Morgan fingerprint density at radius 2 is 1.67 bits per heavy atom. The van der Waals surface area contributed by atoms with Gasteiger partial charge in [-0.1, -0.05) is 56.2 Å². The second kappa shape index (κ2) is 5.47. The first-order valence-electron chi connectivity index (χ1n) is 6.50. The van der Waals surface area contributed by atoms with E-state index >= 15 is 0 Å². The van der Waals surface area contributed by atoms with Crippen molar-refractivity contribution in [2.45, 2.75) is 38.5 Å². The first kappa shape index (κ1) is 13.0. The topological polar surface area (TPSA) is 0 Å². The lowest BCUT2D eigenvalue weighted by Crippen LogP contribution is -2.13. The maximum absolute atomic E-state index is 14.0. The normalized spacial score (nSPS) is 11.9. The molecule has 0 aliphatic heterocycles. The summed E-state index contributed by atoms with van der Waals surface area (Å²) in [5.74, 6) is -2.71. The minimum absolute atomic E-state index is 0.0564. The summed E-state index contributed by atoms with van der Waals surface area (Å²) in [6, 6.07) is 12.5. The molecule has 0 bridgehead atoms. The van der Waals surface area contributed by atoms with E-state index in [9.17, 15) is 8.78 Å². The van der Waals surface area contributed by atoms with Gasteiger partial charge in [-0.05, 0) is 23.3 Å². The molecule has 0 N–H and O–H groups in total. The van der Waals surface area contributed by atoms with E-state index in [-0.39, 0.29) is 12.0 Å². The Morgan fingerprint density at radius 1 is 0.944 bits per heavy atom. The Kier molecular flexibility index (Phi) is 3.95. The van der Waals surface area contributed by atoms with E-state index in [1.807, 2.05) is 31.2 Å². The van der Waals surface area contributed by atoms with E-state index in [4.69, 9.17) is 0 Å². The summed E-state index contributed by atoms with van der Waals surface area (Å²) < 4.78 is 28.0. The number of hydrogen-bond acceptors (Lipinski definition) is 0. The van der Waals surface area contributed by atoms with Gasteiger partial charge in [0.2, 0.25) is 0 Å². The molecule has 0 atom stereocenters. The highest BCUT2D eigenvalue weighted by atomic mass is 19.3. The molecule has 2 aromatic rings. The second-order valence-electron chi connectivity index (χ2n) is 4.72. The Balaban J connectivity index is 2.23. The van der Waals surface area contributed by atoms with Gasteiger partial charge < -0.3 is 0 Å². The zero-order valence-corrected chi connectivity index (χ0v) is 10.6. The van der Waals surface area contributed by atoms with E-state index < -0.39 is 5.92 Å². The van der Waals surface area contributed by atoms with E-state index in [1.165, 1.54) is 0 Å². The zero-order chi connectivity index (χ0) is 13.0. The largest absolute Gasteiger partial charge is 0.273 e. The van der Waals surface area contributed by atoms with Crippen molar-refractivity contribution in [1.82, 2.24) is 0 Å². The molecule has 0 heterocycles. The first-order valence-corrected chi connectivity index (χ1v) is 6.50.